The lowest BCUT2D eigenvalue weighted by Gasteiger charge is -2.50. The normalized spacial score (nSPS) is 24.0. The van der Waals surface area contributed by atoms with Crippen molar-refractivity contribution in [2.75, 3.05) is 6.61 Å². The molecule has 1 saturated carbocycles. The van der Waals surface area contributed by atoms with Crippen molar-refractivity contribution in [1.29, 1.82) is 0 Å². The van der Waals surface area contributed by atoms with Gasteiger partial charge in [0.25, 0.3) is 0 Å². The summed E-state index contributed by atoms with van der Waals surface area (Å²) in [5, 5.41) is 0. The molecule has 0 aromatic heterocycles. The number of carbonyl (C=O) groups excluding carboxylic acids is 9. The summed E-state index contributed by atoms with van der Waals surface area (Å²) < 4.78 is 64.4. The minimum absolute atomic E-state index is 0.0448. The fourth-order valence-electron chi connectivity index (χ4n) is 10.8. The zero-order chi connectivity index (χ0) is 61.0. The van der Waals surface area contributed by atoms with Crippen LogP contribution in [0.25, 0.3) is 0 Å². The molecule has 2 aliphatic rings. The minimum atomic E-state index is -1.97. The summed E-state index contributed by atoms with van der Waals surface area (Å²) in [6.07, 6.45) is 8.76. The molecule has 0 aromatic carbocycles. The molecular weight excluding hydrogens is 1060 g/mol. The van der Waals surface area contributed by atoms with Gasteiger partial charge >= 0.3 is 53.7 Å². The van der Waals surface area contributed by atoms with Gasteiger partial charge in [-0.25, -0.2) is 0 Å². The number of esters is 9. The zero-order valence-corrected chi connectivity index (χ0v) is 51.7. The Morgan fingerprint density at radius 3 is 0.951 bits per heavy atom. The lowest BCUT2D eigenvalue weighted by atomic mass is 9.83. The highest BCUT2D eigenvalue weighted by atomic mass is 16.8. The van der Waals surface area contributed by atoms with Crippen LogP contribution < -0.4 is 0 Å². The number of hydrogen-bond acceptors (Lipinski definition) is 20. The molecule has 2 rings (SSSR count). The van der Waals surface area contributed by atoms with Crippen molar-refractivity contribution in [1.82, 2.24) is 0 Å². The Balaban J connectivity index is 2.45. The fourth-order valence-corrected chi connectivity index (χ4v) is 10.8. The third-order valence-electron chi connectivity index (χ3n) is 14.9. The van der Waals surface area contributed by atoms with Gasteiger partial charge in [-0.3, -0.25) is 43.2 Å². The summed E-state index contributed by atoms with van der Waals surface area (Å²) in [6.45, 7) is 15.6. The summed E-state index contributed by atoms with van der Waals surface area (Å²) in [5.74, 6) is -6.67. The van der Waals surface area contributed by atoms with Gasteiger partial charge in [-0.15, -0.1) is 0 Å². The van der Waals surface area contributed by atoms with Crippen LogP contribution in [0.1, 0.15) is 256 Å². The van der Waals surface area contributed by atoms with E-state index in [0.29, 0.717) is 12.8 Å². The molecule has 1 aliphatic heterocycles. The Labute approximate surface area is 489 Å². The molecule has 4 unspecified atom stereocenters. The van der Waals surface area contributed by atoms with Crippen LogP contribution in [0, 0.1) is 11.8 Å². The smallest absolute Gasteiger partial charge is 0.306 e. The van der Waals surface area contributed by atoms with Crippen LogP contribution in [0.3, 0.4) is 0 Å². The maximum absolute atomic E-state index is 13.8. The summed E-state index contributed by atoms with van der Waals surface area (Å²) >= 11 is 0. The van der Waals surface area contributed by atoms with E-state index >= 15 is 0 Å². The van der Waals surface area contributed by atoms with E-state index in [2.05, 4.69) is 27.7 Å². The van der Waals surface area contributed by atoms with E-state index in [1.165, 1.54) is 89.9 Å². The molecule has 1 saturated heterocycles. The molecule has 0 spiro atoms. The number of hydrogen-bond donors (Lipinski definition) is 0. The van der Waals surface area contributed by atoms with Gasteiger partial charge in [0.05, 0.1) is 0 Å². The second-order valence-corrected chi connectivity index (χ2v) is 22.7. The Morgan fingerprint density at radius 2 is 0.610 bits per heavy atom. The average molecular weight is 1170 g/mol. The summed E-state index contributed by atoms with van der Waals surface area (Å²) in [5.41, 5.74) is 0. The van der Waals surface area contributed by atoms with Crippen molar-refractivity contribution in [2.45, 2.75) is 323 Å². The van der Waals surface area contributed by atoms with E-state index < -0.39 is 128 Å². The maximum atomic E-state index is 13.8. The van der Waals surface area contributed by atoms with Crippen LogP contribution in [0.15, 0.2) is 0 Å². The quantitative estimate of drug-likeness (QED) is 0.0313. The largest absolute Gasteiger partial charge is 0.463 e. The third kappa shape index (κ3) is 30.6. The number of ether oxygens (including phenoxy) is 11. The number of rotatable bonds is 42. The van der Waals surface area contributed by atoms with E-state index in [4.69, 9.17) is 52.1 Å². The number of carbonyl (C=O) groups is 9. The molecule has 1 aliphatic carbocycles. The van der Waals surface area contributed by atoms with Gasteiger partial charge in [-0.1, -0.05) is 182 Å². The van der Waals surface area contributed by atoms with E-state index in [1.54, 1.807) is 0 Å². The van der Waals surface area contributed by atoms with E-state index in [-0.39, 0.29) is 12.8 Å². The summed E-state index contributed by atoms with van der Waals surface area (Å²) in [7, 11) is 0. The molecule has 472 valence electrons. The molecule has 20 nitrogen and oxygen atoms in total. The Hall–Kier alpha value is -4.85. The summed E-state index contributed by atoms with van der Waals surface area (Å²) in [6, 6.07) is 0. The summed E-state index contributed by atoms with van der Waals surface area (Å²) in [4.78, 5) is 117. The minimum Gasteiger partial charge on any atom is -0.463 e. The Morgan fingerprint density at radius 1 is 0.329 bits per heavy atom. The SMILES string of the molecule is CCCCCCC(C)CCCCCCCCCC(=O)OC[C@H]1O[C@H](OC2[C@@H](OC(C)=O)[C@H](OC(C)=O)C(OC(C)=O)[C@H](OC(C)=O)[C@H]2OC(C)=O)[C@@H](OC(C)=O)[C@@H](OC(C)=O)[C@@H]1OC(=O)CCCCCCCCCC(C)CCCCCC. The highest BCUT2D eigenvalue weighted by Gasteiger charge is 2.62. The second-order valence-electron chi connectivity index (χ2n) is 22.7. The highest BCUT2D eigenvalue weighted by molar-refractivity contribution is 5.72. The van der Waals surface area contributed by atoms with Gasteiger partial charge < -0.3 is 52.1 Å². The topological polar surface area (TPSA) is 255 Å². The van der Waals surface area contributed by atoms with Gasteiger partial charge in [0.2, 0.25) is 0 Å². The Bertz CT molecular complexity index is 1860. The standard InChI is InChI=1S/C62H104O20/c1-12-14-16-28-34-41(3)36-30-24-20-18-22-26-32-38-51(70)72-40-50-53(81-52(71)39-33-27-23-19-21-25-31-37-42(4)35-29-17-15-13-2)54(73-43(5)63)61(79-49(11)69)62(80-50)82-60-58(77-47(9)67)56(75-45(7)65)55(74-44(6)64)57(76-46(8)66)59(60)78-48(10)68/h41-42,50,53-62H,12-40H2,1-11H3/t41?,42?,50-,53-,54+,55?,56-,57+,58+,59-,60?,61+,62-/m1/s1. The monoisotopic (exact) mass is 1170 g/mol. The van der Waals surface area contributed by atoms with Crippen molar-refractivity contribution in [3.05, 3.63) is 0 Å². The van der Waals surface area contributed by atoms with Gasteiger partial charge in [-0.05, 0) is 24.7 Å². The molecule has 0 bridgehead atoms. The molecule has 13 atom stereocenters. The molecule has 0 aromatic rings. The van der Waals surface area contributed by atoms with Crippen molar-refractivity contribution in [3.8, 4) is 0 Å². The van der Waals surface area contributed by atoms with Gasteiger partial charge in [0, 0.05) is 61.3 Å². The first-order chi connectivity index (χ1) is 39.1. The van der Waals surface area contributed by atoms with E-state index in [0.717, 1.165) is 125 Å². The van der Waals surface area contributed by atoms with E-state index in [1.807, 2.05) is 0 Å². The van der Waals surface area contributed by atoms with Crippen molar-refractivity contribution >= 4 is 53.7 Å². The van der Waals surface area contributed by atoms with Crippen molar-refractivity contribution in [3.63, 3.8) is 0 Å². The maximum Gasteiger partial charge on any atom is 0.306 e. The van der Waals surface area contributed by atoms with E-state index in [9.17, 15) is 43.2 Å². The third-order valence-corrected chi connectivity index (χ3v) is 14.9. The predicted molar refractivity (Wildman–Crippen MR) is 302 cm³/mol. The fraction of sp³-hybridized carbons (Fsp3) is 0.855. The van der Waals surface area contributed by atoms with Crippen molar-refractivity contribution in [2.24, 2.45) is 11.8 Å². The molecule has 0 radical (unpaired) electrons. The zero-order valence-electron chi connectivity index (χ0n) is 51.7. The molecule has 20 heteroatoms. The molecule has 82 heavy (non-hydrogen) atoms. The predicted octanol–water partition coefficient (Wildman–Crippen LogP) is 11.3. The molecule has 0 amide bonds. The van der Waals surface area contributed by atoms with Crippen LogP contribution in [0.5, 0.6) is 0 Å². The Kier molecular flexibility index (Phi) is 37.5. The first-order valence-corrected chi connectivity index (χ1v) is 30.9. The first kappa shape index (κ1) is 73.3. The first-order valence-electron chi connectivity index (χ1n) is 30.9. The molecular formula is C62H104O20. The molecule has 0 N–H and O–H groups in total. The molecule has 2 fully saturated rings. The highest BCUT2D eigenvalue weighted by Crippen LogP contribution is 2.38. The van der Waals surface area contributed by atoms with Crippen LogP contribution in [-0.2, 0) is 95.3 Å². The van der Waals surface area contributed by atoms with Crippen LogP contribution in [0.2, 0.25) is 0 Å². The number of unbranched alkanes of at least 4 members (excludes halogenated alkanes) is 18. The van der Waals surface area contributed by atoms with Crippen molar-refractivity contribution < 1.29 is 95.3 Å². The van der Waals surface area contributed by atoms with Crippen LogP contribution >= 0.6 is 0 Å². The lowest BCUT2D eigenvalue weighted by Crippen LogP contribution is -2.70. The van der Waals surface area contributed by atoms with Gasteiger partial charge in [-0.2, -0.15) is 0 Å². The van der Waals surface area contributed by atoms with Crippen LogP contribution in [-0.4, -0.2) is 128 Å². The molecule has 1 heterocycles. The average Bonchev–Trinajstić information content (AvgIpc) is 3.38. The lowest BCUT2D eigenvalue weighted by molar-refractivity contribution is -0.343. The van der Waals surface area contributed by atoms with Gasteiger partial charge in [0.15, 0.2) is 55.1 Å². The van der Waals surface area contributed by atoms with Gasteiger partial charge in [0.1, 0.15) is 18.8 Å². The second kappa shape index (κ2) is 42.0. The van der Waals surface area contributed by atoms with Crippen LogP contribution in [0.4, 0.5) is 0 Å².